The lowest BCUT2D eigenvalue weighted by molar-refractivity contribution is 0.660. The number of fused-ring (bicyclic) bond motifs is 4. The molecule has 0 atom stereocenters. The van der Waals surface area contributed by atoms with Gasteiger partial charge in [0, 0.05) is 39.9 Å². The second-order valence-electron chi connectivity index (χ2n) is 15.3. The summed E-state index contributed by atoms with van der Waals surface area (Å²) in [5, 5.41) is 11.9. The van der Waals surface area contributed by atoms with Crippen LogP contribution >= 0.6 is 0 Å². The van der Waals surface area contributed by atoms with E-state index in [9.17, 15) is 5.26 Å². The second-order valence-corrected chi connectivity index (χ2v) is 15.3. The highest BCUT2D eigenvalue weighted by atomic mass is 14.9. The zero-order valence-electron chi connectivity index (χ0n) is 31.6. The fraction of sp³-hybridized carbons (Fsp3) is 0.0566. The number of rotatable bonds is 6. The lowest BCUT2D eigenvalue weighted by atomic mass is 9.81. The number of nitrogens with zero attached hydrogens (tertiary/aromatic N) is 4. The maximum absolute atomic E-state index is 9.70. The molecule has 0 radical (unpaired) electrons. The zero-order chi connectivity index (χ0) is 38.5. The highest BCUT2D eigenvalue weighted by Gasteiger charge is 2.36. The van der Waals surface area contributed by atoms with Crippen molar-refractivity contribution in [3.63, 3.8) is 0 Å². The van der Waals surface area contributed by atoms with Crippen LogP contribution in [0.3, 0.4) is 0 Å². The van der Waals surface area contributed by atoms with Crippen LogP contribution in [0.4, 0.5) is 0 Å². The maximum atomic E-state index is 9.70. The van der Waals surface area contributed by atoms with Gasteiger partial charge in [-0.15, -0.1) is 0 Å². The molecule has 0 unspecified atom stereocenters. The van der Waals surface area contributed by atoms with E-state index in [1.165, 1.54) is 27.8 Å². The standard InChI is InChI=1S/C53H36N4/c1-53(2)48-25-34(32-54)13-21-46(48)47-22-20-40(30-49(47)53)44-27-43(39-18-19-42-33-55-24-23-41(42)26-39)28-45(29-44)51-31-50(56-52(57-51)38-11-7-4-8-12-38)37-16-14-36(15-17-37)35-9-5-3-6-10-35/h3-31,33H,1-2H3. The van der Waals surface area contributed by atoms with Crippen LogP contribution in [0.15, 0.2) is 182 Å². The molecule has 2 heterocycles. The van der Waals surface area contributed by atoms with Gasteiger partial charge in [-0.25, -0.2) is 9.97 Å². The molecule has 0 bridgehead atoms. The molecule has 1 aliphatic carbocycles. The molecular weight excluding hydrogens is 693 g/mol. The fourth-order valence-electron chi connectivity index (χ4n) is 8.28. The van der Waals surface area contributed by atoms with E-state index in [1.54, 1.807) is 0 Å². The average Bonchev–Trinajstić information content (AvgIpc) is 3.51. The molecule has 0 saturated carbocycles. The van der Waals surface area contributed by atoms with Crippen molar-refractivity contribution in [3.05, 3.63) is 199 Å². The molecule has 0 aliphatic heterocycles. The summed E-state index contributed by atoms with van der Waals surface area (Å²) >= 11 is 0. The van der Waals surface area contributed by atoms with Crippen LogP contribution in [0.25, 0.3) is 89.2 Å². The van der Waals surface area contributed by atoms with E-state index in [2.05, 4.69) is 164 Å². The van der Waals surface area contributed by atoms with Crippen LogP contribution < -0.4 is 0 Å². The third kappa shape index (κ3) is 6.16. The van der Waals surface area contributed by atoms with Crippen molar-refractivity contribution in [1.82, 2.24) is 15.0 Å². The summed E-state index contributed by atoms with van der Waals surface area (Å²) in [5.74, 6) is 0.675. The number of hydrogen-bond donors (Lipinski definition) is 0. The Morgan fingerprint density at radius 2 is 1.00 bits per heavy atom. The smallest absolute Gasteiger partial charge is 0.160 e. The molecule has 10 rings (SSSR count). The van der Waals surface area contributed by atoms with E-state index in [4.69, 9.17) is 9.97 Å². The summed E-state index contributed by atoms with van der Waals surface area (Å²) in [6.45, 7) is 4.52. The Balaban J connectivity index is 1.15. The highest BCUT2D eigenvalue weighted by Crippen LogP contribution is 2.50. The zero-order valence-corrected chi connectivity index (χ0v) is 31.6. The molecule has 57 heavy (non-hydrogen) atoms. The molecule has 1 aliphatic rings. The van der Waals surface area contributed by atoms with Gasteiger partial charge in [0.15, 0.2) is 5.82 Å². The molecule has 0 fully saturated rings. The Bertz CT molecular complexity index is 3030. The van der Waals surface area contributed by atoms with Crippen LogP contribution in [0, 0.1) is 11.3 Å². The van der Waals surface area contributed by atoms with Gasteiger partial charge in [-0.05, 0) is 116 Å². The Hall–Kier alpha value is -7.48. The van der Waals surface area contributed by atoms with Gasteiger partial charge in [0.2, 0.25) is 0 Å². The second kappa shape index (κ2) is 13.7. The van der Waals surface area contributed by atoms with Gasteiger partial charge < -0.3 is 0 Å². The normalized spacial score (nSPS) is 12.5. The van der Waals surface area contributed by atoms with Crippen molar-refractivity contribution in [3.8, 4) is 84.5 Å². The molecule has 4 heteroatoms. The first-order valence-corrected chi connectivity index (χ1v) is 19.2. The van der Waals surface area contributed by atoms with Gasteiger partial charge in [-0.1, -0.05) is 129 Å². The lowest BCUT2D eigenvalue weighted by Gasteiger charge is -2.22. The van der Waals surface area contributed by atoms with E-state index < -0.39 is 0 Å². The van der Waals surface area contributed by atoms with Gasteiger partial charge in [0.1, 0.15) is 0 Å². The van der Waals surface area contributed by atoms with Gasteiger partial charge in [0.25, 0.3) is 0 Å². The number of benzene rings is 7. The summed E-state index contributed by atoms with van der Waals surface area (Å²) in [4.78, 5) is 14.8. The summed E-state index contributed by atoms with van der Waals surface area (Å²) in [6, 6.07) is 62.1. The first-order valence-electron chi connectivity index (χ1n) is 19.2. The number of hydrogen-bond acceptors (Lipinski definition) is 4. The van der Waals surface area contributed by atoms with Gasteiger partial charge >= 0.3 is 0 Å². The molecule has 2 aromatic heterocycles. The van der Waals surface area contributed by atoms with Gasteiger partial charge in [-0.2, -0.15) is 5.26 Å². The Labute approximate surface area is 332 Å². The summed E-state index contributed by atoms with van der Waals surface area (Å²) in [5.41, 5.74) is 16.7. The largest absolute Gasteiger partial charge is 0.264 e. The van der Waals surface area contributed by atoms with Crippen molar-refractivity contribution in [2.24, 2.45) is 0 Å². The van der Waals surface area contributed by atoms with Crippen LogP contribution in [0.5, 0.6) is 0 Å². The predicted octanol–water partition coefficient (Wildman–Crippen LogP) is 13.2. The topological polar surface area (TPSA) is 62.5 Å². The Morgan fingerprint density at radius 3 is 1.72 bits per heavy atom. The Morgan fingerprint density at radius 1 is 0.439 bits per heavy atom. The SMILES string of the molecule is CC1(C)c2cc(C#N)ccc2-c2ccc(-c3cc(-c4ccc5cnccc5c4)cc(-c4cc(-c5ccc(-c6ccccc6)cc5)nc(-c5ccccc5)n4)c3)cc21. The lowest BCUT2D eigenvalue weighted by Crippen LogP contribution is -2.15. The highest BCUT2D eigenvalue weighted by molar-refractivity contribution is 5.90. The van der Waals surface area contributed by atoms with E-state index in [0.29, 0.717) is 11.4 Å². The first-order chi connectivity index (χ1) is 27.9. The van der Waals surface area contributed by atoms with Crippen molar-refractivity contribution >= 4 is 10.8 Å². The minimum atomic E-state index is -0.261. The van der Waals surface area contributed by atoms with Crippen molar-refractivity contribution < 1.29 is 0 Å². The number of pyridine rings is 1. The van der Waals surface area contributed by atoms with E-state index in [1.807, 2.05) is 42.7 Å². The first kappa shape index (κ1) is 34.0. The monoisotopic (exact) mass is 728 g/mol. The molecule has 9 aromatic rings. The molecule has 0 amide bonds. The average molecular weight is 729 g/mol. The van der Waals surface area contributed by atoms with Crippen LogP contribution in [0.1, 0.15) is 30.5 Å². The molecule has 0 spiro atoms. The maximum Gasteiger partial charge on any atom is 0.160 e. The molecule has 0 N–H and O–H groups in total. The van der Waals surface area contributed by atoms with Crippen LogP contribution in [-0.4, -0.2) is 15.0 Å². The summed E-state index contributed by atoms with van der Waals surface area (Å²) in [6.07, 6.45) is 3.75. The fourth-order valence-corrected chi connectivity index (χ4v) is 8.28. The van der Waals surface area contributed by atoms with Crippen LogP contribution in [0.2, 0.25) is 0 Å². The molecule has 4 nitrogen and oxygen atoms in total. The Kier molecular flexibility index (Phi) is 8.17. The van der Waals surface area contributed by atoms with Crippen LogP contribution in [-0.2, 0) is 5.41 Å². The van der Waals surface area contributed by atoms with E-state index in [0.717, 1.165) is 66.7 Å². The minimum Gasteiger partial charge on any atom is -0.264 e. The van der Waals surface area contributed by atoms with Crippen molar-refractivity contribution in [1.29, 1.82) is 5.26 Å². The predicted molar refractivity (Wildman–Crippen MR) is 232 cm³/mol. The molecule has 268 valence electrons. The van der Waals surface area contributed by atoms with E-state index >= 15 is 0 Å². The van der Waals surface area contributed by atoms with Crippen molar-refractivity contribution in [2.45, 2.75) is 19.3 Å². The molecule has 0 saturated heterocycles. The van der Waals surface area contributed by atoms with Gasteiger partial charge in [0.05, 0.1) is 23.0 Å². The number of nitriles is 1. The third-order valence-corrected chi connectivity index (χ3v) is 11.4. The quantitative estimate of drug-likeness (QED) is 0.171. The van der Waals surface area contributed by atoms with Crippen molar-refractivity contribution in [2.75, 3.05) is 0 Å². The third-order valence-electron chi connectivity index (χ3n) is 11.4. The summed E-state index contributed by atoms with van der Waals surface area (Å²) in [7, 11) is 0. The number of aromatic nitrogens is 3. The minimum absolute atomic E-state index is 0.261. The summed E-state index contributed by atoms with van der Waals surface area (Å²) < 4.78 is 0. The van der Waals surface area contributed by atoms with E-state index in [-0.39, 0.29) is 5.41 Å². The molecule has 7 aromatic carbocycles. The van der Waals surface area contributed by atoms with Gasteiger partial charge in [-0.3, -0.25) is 4.98 Å². The molecular formula is C53H36N4.